The second kappa shape index (κ2) is 5.99. The molecule has 4 nitrogen and oxygen atoms in total. The van der Waals surface area contributed by atoms with Crippen LogP contribution in [0.5, 0.6) is 5.75 Å². The van der Waals surface area contributed by atoms with Gasteiger partial charge in [0.2, 0.25) is 5.91 Å². The Hall–Kier alpha value is -1.66. The molecule has 0 aliphatic carbocycles. The number of carbonyl (C=O) groups excluding carboxylic acids is 1. The average molecular weight is 365 g/mol. The van der Waals surface area contributed by atoms with Crippen LogP contribution >= 0.6 is 27.7 Å². The minimum atomic E-state index is 0.0225. The van der Waals surface area contributed by atoms with E-state index in [0.29, 0.717) is 12.3 Å². The molecule has 1 aliphatic heterocycles. The maximum Gasteiger partial charge on any atom is 0.234 e. The monoisotopic (exact) mass is 364 g/mol. The van der Waals surface area contributed by atoms with Crippen molar-refractivity contribution in [1.29, 1.82) is 0 Å². The van der Waals surface area contributed by atoms with E-state index < -0.39 is 0 Å². The van der Waals surface area contributed by atoms with Gasteiger partial charge in [0.1, 0.15) is 5.75 Å². The summed E-state index contributed by atoms with van der Waals surface area (Å²) in [7, 11) is 0. The molecule has 0 spiro atoms. The molecule has 1 amide bonds. The van der Waals surface area contributed by atoms with Crippen LogP contribution in [0.3, 0.4) is 0 Å². The van der Waals surface area contributed by atoms with E-state index in [2.05, 4.69) is 26.6 Å². The average Bonchev–Trinajstić information content (AvgIpc) is 2.47. The number of phenolic OH excluding ortho intramolecular Hbond substituents is 1. The van der Waals surface area contributed by atoms with Crippen molar-refractivity contribution in [2.45, 2.75) is 11.4 Å². The number of halogens is 1. The number of nitrogens with one attached hydrogen (secondary N) is 2. The summed E-state index contributed by atoms with van der Waals surface area (Å²) in [5.74, 6) is 0.743. The Morgan fingerprint density at radius 3 is 3.00 bits per heavy atom. The number of hydrogen-bond acceptors (Lipinski definition) is 4. The molecule has 108 valence electrons. The van der Waals surface area contributed by atoms with Gasteiger partial charge in [0.25, 0.3) is 0 Å². The van der Waals surface area contributed by atoms with Crippen molar-refractivity contribution in [3.63, 3.8) is 0 Å². The van der Waals surface area contributed by atoms with Crippen molar-refractivity contribution in [1.82, 2.24) is 0 Å². The molecule has 21 heavy (non-hydrogen) atoms. The third kappa shape index (κ3) is 3.33. The van der Waals surface area contributed by atoms with Crippen LogP contribution in [0.25, 0.3) is 0 Å². The van der Waals surface area contributed by atoms with E-state index in [1.165, 1.54) is 11.8 Å². The highest BCUT2D eigenvalue weighted by molar-refractivity contribution is 9.10. The first-order chi connectivity index (χ1) is 10.1. The SMILES string of the molecule is O=C1CSc2ccc(NCc3cc(Br)ccc3O)cc2N1. The molecule has 0 unspecified atom stereocenters. The van der Waals surface area contributed by atoms with Gasteiger partial charge in [0.15, 0.2) is 0 Å². The summed E-state index contributed by atoms with van der Waals surface area (Å²) in [6.45, 7) is 0.505. The minimum Gasteiger partial charge on any atom is -0.508 e. The molecule has 3 N–H and O–H groups in total. The molecule has 0 atom stereocenters. The number of carbonyl (C=O) groups is 1. The van der Waals surface area contributed by atoms with Crippen LogP contribution in [-0.2, 0) is 11.3 Å². The van der Waals surface area contributed by atoms with Crippen LogP contribution in [0.1, 0.15) is 5.56 Å². The molecule has 0 aromatic heterocycles. The normalized spacial score (nSPS) is 13.5. The van der Waals surface area contributed by atoms with Gasteiger partial charge < -0.3 is 15.7 Å². The predicted molar refractivity (Wildman–Crippen MR) is 88.9 cm³/mol. The quantitative estimate of drug-likeness (QED) is 0.774. The van der Waals surface area contributed by atoms with Crippen molar-refractivity contribution in [2.24, 2.45) is 0 Å². The first-order valence-electron chi connectivity index (χ1n) is 6.40. The van der Waals surface area contributed by atoms with Crippen molar-refractivity contribution < 1.29 is 9.90 Å². The largest absolute Gasteiger partial charge is 0.508 e. The molecule has 6 heteroatoms. The van der Waals surface area contributed by atoms with E-state index in [9.17, 15) is 9.90 Å². The molecule has 0 saturated carbocycles. The first kappa shape index (κ1) is 14.3. The van der Waals surface area contributed by atoms with E-state index in [1.54, 1.807) is 12.1 Å². The fraction of sp³-hybridized carbons (Fsp3) is 0.133. The summed E-state index contributed by atoms with van der Waals surface area (Å²) in [6, 6.07) is 11.2. The van der Waals surface area contributed by atoms with Crippen molar-refractivity contribution in [2.75, 3.05) is 16.4 Å². The number of aromatic hydroxyl groups is 1. The lowest BCUT2D eigenvalue weighted by Crippen LogP contribution is -2.18. The van der Waals surface area contributed by atoms with Crippen LogP contribution in [0.2, 0.25) is 0 Å². The number of fused-ring (bicyclic) bond motifs is 1. The van der Waals surface area contributed by atoms with Gasteiger partial charge in [0, 0.05) is 27.2 Å². The Labute approximate surface area is 135 Å². The smallest absolute Gasteiger partial charge is 0.234 e. The topological polar surface area (TPSA) is 61.4 Å². The van der Waals surface area contributed by atoms with E-state index >= 15 is 0 Å². The lowest BCUT2D eigenvalue weighted by atomic mass is 10.2. The van der Waals surface area contributed by atoms with Crippen molar-refractivity contribution >= 4 is 45.0 Å². The maximum absolute atomic E-state index is 11.4. The molecular weight excluding hydrogens is 352 g/mol. The lowest BCUT2D eigenvalue weighted by molar-refractivity contribution is -0.113. The van der Waals surface area contributed by atoms with Gasteiger partial charge in [-0.3, -0.25) is 4.79 Å². The molecule has 1 heterocycles. The Morgan fingerprint density at radius 2 is 2.14 bits per heavy atom. The van der Waals surface area contributed by atoms with E-state index in [0.717, 1.165) is 26.3 Å². The Bertz CT molecular complexity index is 706. The molecule has 0 saturated heterocycles. The number of amides is 1. The highest BCUT2D eigenvalue weighted by Gasteiger charge is 2.15. The minimum absolute atomic E-state index is 0.0225. The number of thioether (sulfide) groups is 1. The van der Waals surface area contributed by atoms with Gasteiger partial charge in [-0.2, -0.15) is 0 Å². The first-order valence-corrected chi connectivity index (χ1v) is 8.17. The van der Waals surface area contributed by atoms with Gasteiger partial charge in [0.05, 0.1) is 11.4 Å². The van der Waals surface area contributed by atoms with E-state index in [1.807, 2.05) is 24.3 Å². The van der Waals surface area contributed by atoms with Crippen LogP contribution < -0.4 is 10.6 Å². The van der Waals surface area contributed by atoms with Gasteiger partial charge in [-0.25, -0.2) is 0 Å². The van der Waals surface area contributed by atoms with Gasteiger partial charge in [-0.1, -0.05) is 15.9 Å². The fourth-order valence-electron chi connectivity index (χ4n) is 2.09. The van der Waals surface area contributed by atoms with Crippen molar-refractivity contribution in [3.05, 3.63) is 46.4 Å². The van der Waals surface area contributed by atoms with Gasteiger partial charge >= 0.3 is 0 Å². The number of benzene rings is 2. The molecule has 2 aromatic rings. The molecule has 2 aromatic carbocycles. The maximum atomic E-state index is 11.4. The summed E-state index contributed by atoms with van der Waals surface area (Å²) >= 11 is 4.93. The molecule has 1 aliphatic rings. The number of phenols is 1. The summed E-state index contributed by atoms with van der Waals surface area (Å²) < 4.78 is 0.922. The molecule has 0 radical (unpaired) electrons. The van der Waals surface area contributed by atoms with Crippen LogP contribution in [0.15, 0.2) is 45.8 Å². The fourth-order valence-corrected chi connectivity index (χ4v) is 3.28. The molecular formula is C15H13BrN2O2S. The third-order valence-electron chi connectivity index (χ3n) is 3.14. The third-order valence-corrected chi connectivity index (χ3v) is 4.70. The van der Waals surface area contributed by atoms with Gasteiger partial charge in [-0.05, 0) is 36.4 Å². The summed E-state index contributed by atoms with van der Waals surface area (Å²) in [5, 5.41) is 15.9. The van der Waals surface area contributed by atoms with Gasteiger partial charge in [-0.15, -0.1) is 11.8 Å². The number of anilines is 2. The standard InChI is InChI=1S/C15H13BrN2O2S/c16-10-1-3-13(19)9(5-10)7-17-11-2-4-14-12(6-11)18-15(20)8-21-14/h1-6,17,19H,7-8H2,(H,18,20). The second-order valence-corrected chi connectivity index (χ2v) is 6.61. The molecule has 3 rings (SSSR count). The Balaban J connectivity index is 1.75. The van der Waals surface area contributed by atoms with Crippen LogP contribution in [0.4, 0.5) is 11.4 Å². The highest BCUT2D eigenvalue weighted by atomic mass is 79.9. The van der Waals surface area contributed by atoms with E-state index in [-0.39, 0.29) is 11.7 Å². The second-order valence-electron chi connectivity index (χ2n) is 4.67. The Kier molecular flexibility index (Phi) is 4.07. The summed E-state index contributed by atoms with van der Waals surface area (Å²) in [5.41, 5.74) is 2.54. The highest BCUT2D eigenvalue weighted by Crippen LogP contribution is 2.33. The summed E-state index contributed by atoms with van der Waals surface area (Å²) in [4.78, 5) is 12.5. The zero-order valence-corrected chi connectivity index (χ0v) is 13.4. The number of rotatable bonds is 3. The molecule has 0 bridgehead atoms. The Morgan fingerprint density at radius 1 is 1.29 bits per heavy atom. The lowest BCUT2D eigenvalue weighted by Gasteiger charge is -2.17. The predicted octanol–water partition coefficient (Wildman–Crippen LogP) is 3.81. The zero-order chi connectivity index (χ0) is 14.8. The zero-order valence-electron chi connectivity index (χ0n) is 11.0. The number of hydrogen-bond donors (Lipinski definition) is 3. The van der Waals surface area contributed by atoms with Crippen molar-refractivity contribution in [3.8, 4) is 5.75 Å². The van der Waals surface area contributed by atoms with E-state index in [4.69, 9.17) is 0 Å². The summed E-state index contributed by atoms with van der Waals surface area (Å²) in [6.07, 6.45) is 0. The van der Waals surface area contributed by atoms with Crippen LogP contribution in [0, 0.1) is 0 Å². The van der Waals surface area contributed by atoms with Crippen LogP contribution in [-0.4, -0.2) is 16.8 Å². The molecule has 0 fully saturated rings.